The van der Waals surface area contributed by atoms with Crippen molar-refractivity contribution in [2.45, 2.75) is 32.2 Å². The molecule has 2 rings (SSSR count). The van der Waals surface area contributed by atoms with Gasteiger partial charge in [0.15, 0.2) is 9.84 Å². The molecule has 98 valence electrons. The lowest BCUT2D eigenvalue weighted by Crippen LogP contribution is -2.07. The van der Waals surface area contributed by atoms with Gasteiger partial charge in [0, 0.05) is 6.21 Å². The van der Waals surface area contributed by atoms with Crippen LogP contribution >= 0.6 is 0 Å². The SMILES string of the molecule is CC(C)c1ccc(C=NC2CCS(=O)(=O)C2)cc1. The van der Waals surface area contributed by atoms with Crippen molar-refractivity contribution in [2.75, 3.05) is 11.5 Å². The zero-order valence-electron chi connectivity index (χ0n) is 10.8. The zero-order valence-corrected chi connectivity index (χ0v) is 11.7. The van der Waals surface area contributed by atoms with Crippen LogP contribution in [0.2, 0.25) is 0 Å². The molecule has 0 bridgehead atoms. The summed E-state index contributed by atoms with van der Waals surface area (Å²) < 4.78 is 22.6. The van der Waals surface area contributed by atoms with Crippen molar-refractivity contribution in [1.82, 2.24) is 0 Å². The molecule has 1 aromatic rings. The molecular weight excluding hydrogens is 246 g/mol. The molecule has 1 unspecified atom stereocenters. The van der Waals surface area contributed by atoms with Gasteiger partial charge in [-0.25, -0.2) is 8.42 Å². The van der Waals surface area contributed by atoms with Gasteiger partial charge in [0.1, 0.15) is 0 Å². The third-order valence-corrected chi connectivity index (χ3v) is 5.00. The maximum Gasteiger partial charge on any atom is 0.152 e. The summed E-state index contributed by atoms with van der Waals surface area (Å²) in [6.45, 7) is 4.32. The fraction of sp³-hybridized carbons (Fsp3) is 0.500. The maximum absolute atomic E-state index is 11.3. The number of sulfone groups is 1. The number of benzene rings is 1. The zero-order chi connectivity index (χ0) is 13.2. The topological polar surface area (TPSA) is 46.5 Å². The van der Waals surface area contributed by atoms with Gasteiger partial charge in [-0.15, -0.1) is 0 Å². The van der Waals surface area contributed by atoms with Gasteiger partial charge >= 0.3 is 0 Å². The van der Waals surface area contributed by atoms with Crippen LogP contribution in [0.1, 0.15) is 37.3 Å². The van der Waals surface area contributed by atoms with Crippen LogP contribution in [0.3, 0.4) is 0 Å². The minimum Gasteiger partial charge on any atom is -0.288 e. The van der Waals surface area contributed by atoms with Crippen molar-refractivity contribution >= 4 is 16.1 Å². The van der Waals surface area contributed by atoms with Crippen LogP contribution in [-0.4, -0.2) is 32.2 Å². The Labute approximate surface area is 109 Å². The van der Waals surface area contributed by atoms with Crippen molar-refractivity contribution < 1.29 is 8.42 Å². The van der Waals surface area contributed by atoms with Crippen LogP contribution in [0.25, 0.3) is 0 Å². The van der Waals surface area contributed by atoms with Crippen molar-refractivity contribution in [3.63, 3.8) is 0 Å². The molecule has 1 aliphatic rings. The van der Waals surface area contributed by atoms with Gasteiger partial charge in [-0.3, -0.25) is 4.99 Å². The summed E-state index contributed by atoms with van der Waals surface area (Å²) in [6, 6.07) is 8.19. The third kappa shape index (κ3) is 3.42. The van der Waals surface area contributed by atoms with Crippen molar-refractivity contribution in [3.8, 4) is 0 Å². The second-order valence-electron chi connectivity index (χ2n) is 5.16. The first-order valence-corrected chi connectivity index (χ1v) is 8.12. The average Bonchev–Trinajstić information content (AvgIpc) is 2.67. The summed E-state index contributed by atoms with van der Waals surface area (Å²) >= 11 is 0. The molecule has 1 atom stereocenters. The lowest BCUT2D eigenvalue weighted by Gasteiger charge is -2.05. The number of hydrogen-bond donors (Lipinski definition) is 0. The van der Waals surface area contributed by atoms with E-state index in [4.69, 9.17) is 0 Å². The van der Waals surface area contributed by atoms with Crippen molar-refractivity contribution in [1.29, 1.82) is 0 Å². The van der Waals surface area contributed by atoms with E-state index in [1.54, 1.807) is 6.21 Å². The molecule has 3 nitrogen and oxygen atoms in total. The lowest BCUT2D eigenvalue weighted by atomic mass is 10.0. The van der Waals surface area contributed by atoms with E-state index in [9.17, 15) is 8.42 Å². The Hall–Kier alpha value is -1.16. The Kier molecular flexibility index (Phi) is 3.85. The summed E-state index contributed by atoms with van der Waals surface area (Å²) in [4.78, 5) is 4.36. The van der Waals surface area contributed by atoms with E-state index in [1.165, 1.54) is 5.56 Å². The predicted molar refractivity (Wildman–Crippen MR) is 75.2 cm³/mol. The van der Waals surface area contributed by atoms with Crippen molar-refractivity contribution in [3.05, 3.63) is 35.4 Å². The molecule has 0 aliphatic carbocycles. The van der Waals surface area contributed by atoms with E-state index in [0.717, 1.165) is 5.56 Å². The van der Waals surface area contributed by atoms with E-state index < -0.39 is 9.84 Å². The highest BCUT2D eigenvalue weighted by atomic mass is 32.2. The minimum atomic E-state index is -2.83. The first kappa shape index (κ1) is 13.3. The van der Waals surface area contributed by atoms with Crippen LogP contribution < -0.4 is 0 Å². The van der Waals surface area contributed by atoms with Crippen molar-refractivity contribution in [2.24, 2.45) is 4.99 Å². The largest absolute Gasteiger partial charge is 0.288 e. The quantitative estimate of drug-likeness (QED) is 0.788. The van der Waals surface area contributed by atoms with Crippen LogP contribution in [0.4, 0.5) is 0 Å². The first-order valence-electron chi connectivity index (χ1n) is 6.30. The van der Waals surface area contributed by atoms with Gasteiger partial charge in [-0.2, -0.15) is 0 Å². The molecule has 18 heavy (non-hydrogen) atoms. The molecule has 0 radical (unpaired) electrons. The molecule has 1 aromatic carbocycles. The Bertz CT molecular complexity index is 529. The summed E-state index contributed by atoms with van der Waals surface area (Å²) in [5.74, 6) is 1.01. The molecule has 1 fully saturated rings. The smallest absolute Gasteiger partial charge is 0.152 e. The highest BCUT2D eigenvalue weighted by molar-refractivity contribution is 7.91. The van der Waals surface area contributed by atoms with Gasteiger partial charge in [0.2, 0.25) is 0 Å². The van der Waals surface area contributed by atoms with Gasteiger partial charge < -0.3 is 0 Å². The molecule has 1 aliphatic heterocycles. The van der Waals surface area contributed by atoms with Crippen LogP contribution in [0.5, 0.6) is 0 Å². The van der Waals surface area contributed by atoms with Gasteiger partial charge in [-0.05, 0) is 23.5 Å². The van der Waals surface area contributed by atoms with Gasteiger partial charge in [0.25, 0.3) is 0 Å². The number of aliphatic imine (C=N–C) groups is 1. The minimum absolute atomic E-state index is 0.0558. The number of rotatable bonds is 3. The Morgan fingerprint density at radius 3 is 2.44 bits per heavy atom. The first-order chi connectivity index (χ1) is 8.46. The fourth-order valence-corrected chi connectivity index (χ4v) is 3.69. The molecule has 0 aromatic heterocycles. The molecule has 0 spiro atoms. The second-order valence-corrected chi connectivity index (χ2v) is 7.39. The Balaban J connectivity index is 2.01. The highest BCUT2D eigenvalue weighted by Gasteiger charge is 2.26. The fourth-order valence-electron chi connectivity index (χ4n) is 2.05. The summed E-state index contributed by atoms with van der Waals surface area (Å²) in [5, 5.41) is 0. The second kappa shape index (κ2) is 5.22. The van der Waals surface area contributed by atoms with E-state index >= 15 is 0 Å². The van der Waals surface area contributed by atoms with E-state index in [0.29, 0.717) is 12.3 Å². The number of nitrogens with zero attached hydrogens (tertiary/aromatic N) is 1. The summed E-state index contributed by atoms with van der Waals surface area (Å²) in [5.41, 5.74) is 2.33. The third-order valence-electron chi connectivity index (χ3n) is 3.25. The molecule has 0 N–H and O–H groups in total. The lowest BCUT2D eigenvalue weighted by molar-refractivity contribution is 0.601. The van der Waals surface area contributed by atoms with Gasteiger partial charge in [-0.1, -0.05) is 38.1 Å². The number of hydrogen-bond acceptors (Lipinski definition) is 3. The molecule has 0 saturated carbocycles. The van der Waals surface area contributed by atoms with E-state index in [2.05, 4.69) is 31.0 Å². The average molecular weight is 265 g/mol. The standard InChI is InChI=1S/C14H19NO2S/c1-11(2)13-5-3-12(4-6-13)9-15-14-7-8-18(16,17)10-14/h3-6,9,11,14H,7-8,10H2,1-2H3. The van der Waals surface area contributed by atoms with Crippen LogP contribution in [0.15, 0.2) is 29.3 Å². The predicted octanol–water partition coefficient (Wildman–Crippen LogP) is 2.42. The Morgan fingerprint density at radius 2 is 1.94 bits per heavy atom. The normalized spacial score (nSPS) is 22.9. The Morgan fingerprint density at radius 1 is 1.28 bits per heavy atom. The van der Waals surface area contributed by atoms with Gasteiger partial charge in [0.05, 0.1) is 17.5 Å². The van der Waals surface area contributed by atoms with E-state index in [1.807, 2.05) is 12.1 Å². The molecule has 1 saturated heterocycles. The molecule has 1 heterocycles. The summed E-state index contributed by atoms with van der Waals surface area (Å²) in [6.07, 6.45) is 2.44. The van der Waals surface area contributed by atoms with E-state index in [-0.39, 0.29) is 17.5 Å². The highest BCUT2D eigenvalue weighted by Crippen LogP contribution is 2.16. The maximum atomic E-state index is 11.3. The molecule has 0 amide bonds. The van der Waals surface area contributed by atoms with Crippen LogP contribution in [0, 0.1) is 0 Å². The molecule has 4 heteroatoms. The van der Waals surface area contributed by atoms with Crippen LogP contribution in [-0.2, 0) is 9.84 Å². The molecular formula is C14H19NO2S. The summed E-state index contributed by atoms with van der Waals surface area (Å²) in [7, 11) is -2.83. The monoisotopic (exact) mass is 265 g/mol.